The van der Waals surface area contributed by atoms with Crippen LogP contribution in [0.1, 0.15) is 34.8 Å². The number of aryl methyl sites for hydroxylation is 1. The van der Waals surface area contributed by atoms with Crippen LogP contribution in [0.4, 0.5) is 5.82 Å². The number of fused-ring (bicyclic) bond motifs is 1. The van der Waals surface area contributed by atoms with Crippen molar-refractivity contribution in [1.82, 2.24) is 25.3 Å². The first-order chi connectivity index (χ1) is 15.4. The highest BCUT2D eigenvalue weighted by molar-refractivity contribution is 5.96. The minimum atomic E-state index is -1.17. The molecule has 10 heteroatoms. The van der Waals surface area contributed by atoms with Crippen molar-refractivity contribution in [3.8, 4) is 5.75 Å². The number of aliphatic carboxylic acids is 1. The third-order valence-electron chi connectivity index (χ3n) is 5.57. The number of carboxylic acid groups (broad SMARTS) is 1. The van der Waals surface area contributed by atoms with E-state index in [1.54, 1.807) is 13.1 Å². The van der Waals surface area contributed by atoms with E-state index in [2.05, 4.69) is 25.2 Å². The van der Waals surface area contributed by atoms with E-state index in [1.165, 1.54) is 0 Å². The van der Waals surface area contributed by atoms with Gasteiger partial charge in [0, 0.05) is 19.5 Å². The molecule has 1 amide bonds. The number of rotatable bonds is 6. The molecule has 1 aromatic carbocycles. The highest BCUT2D eigenvalue weighted by Gasteiger charge is 2.24. The number of nitrogens with zero attached hydrogens (tertiary/aromatic N) is 5. The molecule has 3 aromatic rings. The van der Waals surface area contributed by atoms with Gasteiger partial charge >= 0.3 is 5.97 Å². The molecule has 0 atom stereocenters. The van der Waals surface area contributed by atoms with Gasteiger partial charge in [0.15, 0.2) is 11.4 Å². The van der Waals surface area contributed by atoms with Crippen molar-refractivity contribution in [2.45, 2.75) is 26.2 Å². The normalized spacial score (nSPS) is 14.5. The summed E-state index contributed by atoms with van der Waals surface area (Å²) < 4.78 is 0. The molecule has 1 aliphatic heterocycles. The summed E-state index contributed by atoms with van der Waals surface area (Å²) in [5, 5.41) is 21.1. The SMILES string of the molecule is Cc1nc(CC2CCN(c3cnc4ccccc4n3)CC2)nc(C(=O)NCC(=O)O)c1O. The predicted molar refractivity (Wildman–Crippen MR) is 117 cm³/mol. The van der Waals surface area contributed by atoms with Crippen molar-refractivity contribution in [1.29, 1.82) is 0 Å². The lowest BCUT2D eigenvalue weighted by Gasteiger charge is -2.32. The van der Waals surface area contributed by atoms with Crippen molar-refractivity contribution in [3.05, 3.63) is 47.7 Å². The number of carbonyl (C=O) groups is 2. The molecule has 0 unspecified atom stereocenters. The Bertz CT molecular complexity index is 1160. The minimum absolute atomic E-state index is 0.197. The van der Waals surface area contributed by atoms with Gasteiger partial charge in [-0.1, -0.05) is 12.1 Å². The summed E-state index contributed by atoms with van der Waals surface area (Å²) in [5.74, 6) is -0.603. The average Bonchev–Trinajstić information content (AvgIpc) is 2.80. The molecule has 1 fully saturated rings. The van der Waals surface area contributed by atoms with E-state index < -0.39 is 18.4 Å². The molecule has 10 nitrogen and oxygen atoms in total. The van der Waals surface area contributed by atoms with Crippen LogP contribution in [-0.4, -0.2) is 61.7 Å². The molecule has 0 saturated carbocycles. The maximum absolute atomic E-state index is 12.2. The number of para-hydroxylation sites is 2. The number of hydrogen-bond donors (Lipinski definition) is 3. The summed E-state index contributed by atoms with van der Waals surface area (Å²) in [6.07, 6.45) is 4.17. The third kappa shape index (κ3) is 4.74. The summed E-state index contributed by atoms with van der Waals surface area (Å²) in [7, 11) is 0. The maximum atomic E-state index is 12.2. The second-order valence-corrected chi connectivity index (χ2v) is 7.85. The molecule has 1 aliphatic rings. The van der Waals surface area contributed by atoms with E-state index >= 15 is 0 Å². The topological polar surface area (TPSA) is 141 Å². The van der Waals surface area contributed by atoms with Crippen molar-refractivity contribution >= 4 is 28.7 Å². The summed E-state index contributed by atoms with van der Waals surface area (Å²) in [5.41, 5.74) is 1.83. The Morgan fingerprint density at radius 1 is 1.12 bits per heavy atom. The molecule has 0 bridgehead atoms. The van der Waals surface area contributed by atoms with E-state index in [9.17, 15) is 14.7 Å². The van der Waals surface area contributed by atoms with Crippen LogP contribution in [0.25, 0.3) is 11.0 Å². The van der Waals surface area contributed by atoms with Crippen LogP contribution in [-0.2, 0) is 11.2 Å². The smallest absolute Gasteiger partial charge is 0.322 e. The van der Waals surface area contributed by atoms with Gasteiger partial charge < -0.3 is 20.4 Å². The van der Waals surface area contributed by atoms with Gasteiger partial charge in [0.25, 0.3) is 5.91 Å². The monoisotopic (exact) mass is 436 g/mol. The second-order valence-electron chi connectivity index (χ2n) is 7.85. The quantitative estimate of drug-likeness (QED) is 0.526. The van der Waals surface area contributed by atoms with Crippen LogP contribution in [0.15, 0.2) is 30.5 Å². The Balaban J connectivity index is 1.41. The molecular weight excluding hydrogens is 412 g/mol. The highest BCUT2D eigenvalue weighted by atomic mass is 16.4. The summed E-state index contributed by atoms with van der Waals surface area (Å²) in [6, 6.07) is 7.78. The highest BCUT2D eigenvalue weighted by Crippen LogP contribution is 2.26. The van der Waals surface area contributed by atoms with Gasteiger partial charge in [0.2, 0.25) is 0 Å². The van der Waals surface area contributed by atoms with Crippen molar-refractivity contribution in [2.75, 3.05) is 24.5 Å². The molecule has 3 N–H and O–H groups in total. The molecule has 0 radical (unpaired) electrons. The van der Waals surface area contributed by atoms with Crippen molar-refractivity contribution < 1.29 is 19.8 Å². The number of aromatic nitrogens is 4. The number of piperidine rings is 1. The van der Waals surface area contributed by atoms with Crippen LogP contribution in [0.3, 0.4) is 0 Å². The molecule has 0 spiro atoms. The van der Waals surface area contributed by atoms with Crippen LogP contribution in [0, 0.1) is 12.8 Å². The number of benzene rings is 1. The first-order valence-electron chi connectivity index (χ1n) is 10.4. The van der Waals surface area contributed by atoms with Crippen molar-refractivity contribution in [3.63, 3.8) is 0 Å². The molecule has 1 saturated heterocycles. The van der Waals surface area contributed by atoms with Gasteiger partial charge in [-0.05, 0) is 37.8 Å². The molecule has 4 rings (SSSR count). The Morgan fingerprint density at radius 3 is 2.56 bits per heavy atom. The molecular formula is C22H24N6O4. The van der Waals surface area contributed by atoms with Gasteiger partial charge in [-0.25, -0.2) is 15.0 Å². The third-order valence-corrected chi connectivity index (χ3v) is 5.57. The largest absolute Gasteiger partial charge is 0.504 e. The van der Waals surface area contributed by atoms with E-state index in [4.69, 9.17) is 10.1 Å². The lowest BCUT2D eigenvalue weighted by atomic mass is 9.93. The average molecular weight is 436 g/mol. The number of amides is 1. The van der Waals surface area contributed by atoms with Gasteiger partial charge in [-0.3, -0.25) is 14.6 Å². The Kier molecular flexibility index (Phi) is 6.11. The molecule has 166 valence electrons. The van der Waals surface area contributed by atoms with Crippen LogP contribution in [0.2, 0.25) is 0 Å². The number of nitrogens with one attached hydrogen (secondary N) is 1. The first kappa shape index (κ1) is 21.4. The van der Waals surface area contributed by atoms with Crippen LogP contribution in [0.5, 0.6) is 5.75 Å². The van der Waals surface area contributed by atoms with E-state index in [0.717, 1.165) is 42.8 Å². The lowest BCUT2D eigenvalue weighted by molar-refractivity contribution is -0.135. The van der Waals surface area contributed by atoms with Gasteiger partial charge in [-0.2, -0.15) is 0 Å². The van der Waals surface area contributed by atoms with Crippen LogP contribution >= 0.6 is 0 Å². The number of carboxylic acids is 1. The fraction of sp³-hybridized carbons (Fsp3) is 0.364. The minimum Gasteiger partial charge on any atom is -0.504 e. The number of anilines is 1. The predicted octanol–water partition coefficient (Wildman–Crippen LogP) is 1.71. The van der Waals surface area contributed by atoms with E-state index in [-0.39, 0.29) is 11.4 Å². The number of carbonyl (C=O) groups excluding carboxylic acids is 1. The second kappa shape index (κ2) is 9.13. The molecule has 2 aromatic heterocycles. The summed E-state index contributed by atoms with van der Waals surface area (Å²) in [4.78, 5) is 42.9. The van der Waals surface area contributed by atoms with Gasteiger partial charge in [0.05, 0.1) is 22.9 Å². The number of hydrogen-bond acceptors (Lipinski definition) is 8. The lowest BCUT2D eigenvalue weighted by Crippen LogP contribution is -2.35. The fourth-order valence-corrected chi connectivity index (χ4v) is 3.84. The van der Waals surface area contributed by atoms with E-state index in [1.807, 2.05) is 24.3 Å². The van der Waals surface area contributed by atoms with Crippen LogP contribution < -0.4 is 10.2 Å². The van der Waals surface area contributed by atoms with Crippen molar-refractivity contribution in [2.24, 2.45) is 5.92 Å². The fourth-order valence-electron chi connectivity index (χ4n) is 3.84. The molecule has 3 heterocycles. The molecule has 32 heavy (non-hydrogen) atoms. The summed E-state index contributed by atoms with van der Waals surface area (Å²) >= 11 is 0. The zero-order valence-electron chi connectivity index (χ0n) is 17.7. The first-order valence-corrected chi connectivity index (χ1v) is 10.4. The Labute approximate surface area is 184 Å². The standard InChI is InChI=1S/C22H24N6O4/c1-13-21(31)20(22(32)24-12-19(29)30)27-17(25-13)10-14-6-8-28(9-7-14)18-11-23-15-4-2-3-5-16(15)26-18/h2-5,11,14,31H,6-10,12H2,1H3,(H,24,32)(H,29,30). The Morgan fingerprint density at radius 2 is 1.84 bits per heavy atom. The zero-order chi connectivity index (χ0) is 22.7. The zero-order valence-corrected chi connectivity index (χ0v) is 17.7. The molecule has 0 aliphatic carbocycles. The van der Waals surface area contributed by atoms with E-state index in [0.29, 0.717) is 23.9 Å². The van der Waals surface area contributed by atoms with Gasteiger partial charge in [0.1, 0.15) is 18.2 Å². The number of aromatic hydroxyl groups is 1. The van der Waals surface area contributed by atoms with Gasteiger partial charge in [-0.15, -0.1) is 0 Å². The Hall–Kier alpha value is -3.82. The maximum Gasteiger partial charge on any atom is 0.322 e. The summed E-state index contributed by atoms with van der Waals surface area (Å²) in [6.45, 7) is 2.68.